The van der Waals surface area contributed by atoms with Crippen molar-refractivity contribution in [2.75, 3.05) is 18.5 Å². The number of hydrogen-bond donors (Lipinski definition) is 2. The van der Waals surface area contributed by atoms with Gasteiger partial charge in [0.05, 0.1) is 0 Å². The van der Waals surface area contributed by atoms with Crippen molar-refractivity contribution < 1.29 is 24.2 Å². The molecule has 120 valence electrons. The summed E-state index contributed by atoms with van der Waals surface area (Å²) in [7, 11) is 0. The highest BCUT2D eigenvalue weighted by Crippen LogP contribution is 2.34. The number of hydrogen-bond acceptors (Lipinski definition) is 4. The fourth-order valence-corrected chi connectivity index (χ4v) is 2.71. The summed E-state index contributed by atoms with van der Waals surface area (Å²) in [5.41, 5.74) is -0.175. The van der Waals surface area contributed by atoms with Crippen LogP contribution in [0.3, 0.4) is 0 Å². The van der Waals surface area contributed by atoms with Gasteiger partial charge in [-0.15, -0.1) is 0 Å². The summed E-state index contributed by atoms with van der Waals surface area (Å²) >= 11 is 0. The second-order valence-electron chi connectivity index (χ2n) is 5.30. The van der Waals surface area contributed by atoms with Crippen LogP contribution >= 0.6 is 0 Å². The number of ether oxygens (including phenoxy) is 2. The molecule has 0 spiro atoms. The highest BCUT2D eigenvalue weighted by molar-refractivity contribution is 5.97. The largest absolute Gasteiger partial charge is 0.482 e. The van der Waals surface area contributed by atoms with E-state index in [-0.39, 0.29) is 5.91 Å². The molecule has 0 atom stereocenters. The number of aliphatic carboxylic acids is 1. The number of carboxylic acid groups (broad SMARTS) is 1. The minimum absolute atomic E-state index is 0.151. The van der Waals surface area contributed by atoms with Crippen LogP contribution in [0, 0.1) is 0 Å². The van der Waals surface area contributed by atoms with Crippen molar-refractivity contribution in [3.8, 4) is 5.75 Å². The molecule has 1 aromatic rings. The average Bonchev–Trinajstić information content (AvgIpc) is 2.96. The third-order valence-corrected chi connectivity index (χ3v) is 3.70. The van der Waals surface area contributed by atoms with E-state index in [0.717, 1.165) is 25.7 Å². The smallest absolute Gasteiger partial charge is 0.341 e. The molecule has 0 radical (unpaired) electrons. The van der Waals surface area contributed by atoms with E-state index in [1.54, 1.807) is 24.3 Å². The minimum Gasteiger partial charge on any atom is -0.482 e. The second kappa shape index (κ2) is 7.26. The van der Waals surface area contributed by atoms with Crippen molar-refractivity contribution >= 4 is 17.6 Å². The number of anilines is 1. The third-order valence-electron chi connectivity index (χ3n) is 3.70. The second-order valence-corrected chi connectivity index (χ2v) is 5.30. The molecule has 0 unspecified atom stereocenters. The number of nitrogens with one attached hydrogen (secondary N) is 1. The lowest BCUT2D eigenvalue weighted by molar-refractivity contribution is -0.140. The Morgan fingerprint density at radius 1 is 1.32 bits per heavy atom. The Hall–Kier alpha value is -2.08. The van der Waals surface area contributed by atoms with Gasteiger partial charge in [-0.1, -0.05) is 6.07 Å². The zero-order valence-corrected chi connectivity index (χ0v) is 12.6. The third kappa shape index (κ3) is 3.98. The lowest BCUT2D eigenvalue weighted by Gasteiger charge is -2.27. The Kier molecular flexibility index (Phi) is 5.38. The maximum absolute atomic E-state index is 12.5. The van der Waals surface area contributed by atoms with Gasteiger partial charge < -0.3 is 19.9 Å². The van der Waals surface area contributed by atoms with Crippen LogP contribution in [-0.4, -0.2) is 35.8 Å². The quantitative estimate of drug-likeness (QED) is 0.808. The molecule has 1 saturated carbocycles. The molecule has 22 heavy (non-hydrogen) atoms. The molecule has 6 nitrogen and oxygen atoms in total. The van der Waals surface area contributed by atoms with Gasteiger partial charge in [0.1, 0.15) is 11.4 Å². The number of carbonyl (C=O) groups is 2. The SMILES string of the molecule is CCOC1(C(=O)Nc2cccc(OCC(=O)O)c2)CCCC1. The highest BCUT2D eigenvalue weighted by atomic mass is 16.5. The number of carboxylic acids is 1. The lowest BCUT2D eigenvalue weighted by atomic mass is 10.0. The Morgan fingerprint density at radius 3 is 2.68 bits per heavy atom. The Morgan fingerprint density at radius 2 is 2.05 bits per heavy atom. The van der Waals surface area contributed by atoms with Crippen LogP contribution in [-0.2, 0) is 14.3 Å². The van der Waals surface area contributed by atoms with Gasteiger partial charge in [-0.2, -0.15) is 0 Å². The molecule has 1 aromatic carbocycles. The van der Waals surface area contributed by atoms with E-state index >= 15 is 0 Å². The summed E-state index contributed by atoms with van der Waals surface area (Å²) in [6, 6.07) is 6.69. The molecule has 6 heteroatoms. The topological polar surface area (TPSA) is 84.9 Å². The summed E-state index contributed by atoms with van der Waals surface area (Å²) in [4.78, 5) is 23.0. The Balaban J connectivity index is 2.04. The number of carbonyl (C=O) groups excluding carboxylic acids is 1. The van der Waals surface area contributed by atoms with Gasteiger partial charge in [-0.05, 0) is 44.7 Å². The normalized spacial score (nSPS) is 16.2. The van der Waals surface area contributed by atoms with E-state index < -0.39 is 18.2 Å². The molecule has 1 aliphatic rings. The van der Waals surface area contributed by atoms with E-state index in [1.807, 2.05) is 6.92 Å². The molecule has 1 amide bonds. The lowest BCUT2D eigenvalue weighted by Crippen LogP contribution is -2.43. The predicted octanol–water partition coefficient (Wildman–Crippen LogP) is 2.44. The van der Waals surface area contributed by atoms with Crippen molar-refractivity contribution in [1.29, 1.82) is 0 Å². The Labute approximate surface area is 129 Å². The number of rotatable bonds is 7. The van der Waals surface area contributed by atoms with Crippen LogP contribution in [0.4, 0.5) is 5.69 Å². The Bertz CT molecular complexity index is 537. The zero-order valence-electron chi connectivity index (χ0n) is 12.6. The standard InChI is InChI=1S/C16H21NO5/c1-2-22-16(8-3-4-9-16)15(20)17-12-6-5-7-13(10-12)21-11-14(18)19/h5-7,10H,2-4,8-9,11H2,1H3,(H,17,20)(H,18,19). The van der Waals surface area contributed by atoms with E-state index in [1.165, 1.54) is 0 Å². The maximum atomic E-state index is 12.5. The first-order valence-corrected chi connectivity index (χ1v) is 7.46. The molecule has 0 aliphatic heterocycles. The van der Waals surface area contributed by atoms with Gasteiger partial charge in [0.2, 0.25) is 0 Å². The molecule has 2 N–H and O–H groups in total. The van der Waals surface area contributed by atoms with Gasteiger partial charge in [0.15, 0.2) is 6.61 Å². The molecule has 1 fully saturated rings. The summed E-state index contributed by atoms with van der Waals surface area (Å²) in [5, 5.41) is 11.5. The number of benzene rings is 1. The predicted molar refractivity (Wildman–Crippen MR) is 81.0 cm³/mol. The highest BCUT2D eigenvalue weighted by Gasteiger charge is 2.41. The van der Waals surface area contributed by atoms with Crippen molar-refractivity contribution in [1.82, 2.24) is 0 Å². The summed E-state index contributed by atoms with van der Waals surface area (Å²) in [5.74, 6) is -0.796. The summed E-state index contributed by atoms with van der Waals surface area (Å²) in [6.07, 6.45) is 3.41. The van der Waals surface area contributed by atoms with Crippen LogP contribution in [0.1, 0.15) is 32.6 Å². The fourth-order valence-electron chi connectivity index (χ4n) is 2.71. The van der Waals surface area contributed by atoms with E-state index in [9.17, 15) is 9.59 Å². The van der Waals surface area contributed by atoms with Gasteiger partial charge in [-0.25, -0.2) is 4.79 Å². The summed E-state index contributed by atoms with van der Waals surface area (Å²) in [6.45, 7) is 1.96. The molecule has 0 aromatic heterocycles. The average molecular weight is 307 g/mol. The van der Waals surface area contributed by atoms with Gasteiger partial charge in [-0.3, -0.25) is 4.79 Å². The maximum Gasteiger partial charge on any atom is 0.341 e. The van der Waals surface area contributed by atoms with Gasteiger partial charge in [0, 0.05) is 18.4 Å². The monoisotopic (exact) mass is 307 g/mol. The summed E-state index contributed by atoms with van der Waals surface area (Å²) < 4.78 is 10.8. The molecular formula is C16H21NO5. The van der Waals surface area contributed by atoms with Crippen molar-refractivity contribution in [2.24, 2.45) is 0 Å². The molecule has 0 bridgehead atoms. The van der Waals surface area contributed by atoms with E-state index in [2.05, 4.69) is 5.32 Å². The van der Waals surface area contributed by atoms with Crippen molar-refractivity contribution in [3.05, 3.63) is 24.3 Å². The van der Waals surface area contributed by atoms with Gasteiger partial charge >= 0.3 is 5.97 Å². The van der Waals surface area contributed by atoms with Crippen LogP contribution in [0.5, 0.6) is 5.75 Å². The van der Waals surface area contributed by atoms with Crippen molar-refractivity contribution in [2.45, 2.75) is 38.2 Å². The van der Waals surface area contributed by atoms with E-state index in [4.69, 9.17) is 14.6 Å². The van der Waals surface area contributed by atoms with E-state index in [0.29, 0.717) is 18.0 Å². The first kappa shape index (κ1) is 16.3. The first-order valence-electron chi connectivity index (χ1n) is 7.46. The first-order chi connectivity index (χ1) is 10.6. The molecule has 0 heterocycles. The molecular weight excluding hydrogens is 286 g/mol. The fraction of sp³-hybridized carbons (Fsp3) is 0.500. The van der Waals surface area contributed by atoms with Crippen LogP contribution in [0.15, 0.2) is 24.3 Å². The van der Waals surface area contributed by atoms with Crippen LogP contribution < -0.4 is 10.1 Å². The minimum atomic E-state index is -1.05. The van der Waals surface area contributed by atoms with Gasteiger partial charge in [0.25, 0.3) is 5.91 Å². The zero-order chi connectivity index (χ0) is 16.0. The number of amides is 1. The van der Waals surface area contributed by atoms with Crippen LogP contribution in [0.25, 0.3) is 0 Å². The molecule has 0 saturated heterocycles. The molecule has 1 aliphatic carbocycles. The van der Waals surface area contributed by atoms with Crippen LogP contribution in [0.2, 0.25) is 0 Å². The van der Waals surface area contributed by atoms with Crippen molar-refractivity contribution in [3.63, 3.8) is 0 Å². The molecule has 2 rings (SSSR count).